The van der Waals surface area contributed by atoms with Crippen molar-refractivity contribution in [3.8, 4) is 5.75 Å². The van der Waals surface area contributed by atoms with Crippen LogP contribution < -0.4 is 10.1 Å². The summed E-state index contributed by atoms with van der Waals surface area (Å²) in [5, 5.41) is 12.9. The molecule has 1 rings (SSSR count). The average molecular weight is 265 g/mol. The summed E-state index contributed by atoms with van der Waals surface area (Å²) in [5.41, 5.74) is 1.31. The quantitative estimate of drug-likeness (QED) is 0.759. The average Bonchev–Trinajstić information content (AvgIpc) is 2.36. The fourth-order valence-electron chi connectivity index (χ4n) is 2.26. The zero-order valence-electron chi connectivity index (χ0n) is 12.5. The van der Waals surface area contributed by atoms with Gasteiger partial charge in [-0.15, -0.1) is 0 Å². The lowest BCUT2D eigenvalue weighted by Gasteiger charge is -2.19. The Morgan fingerprint density at radius 2 is 1.79 bits per heavy atom. The summed E-state index contributed by atoms with van der Waals surface area (Å²) in [7, 11) is 1.68. The van der Waals surface area contributed by atoms with Crippen LogP contribution in [0.5, 0.6) is 5.75 Å². The van der Waals surface area contributed by atoms with Crippen LogP contribution in [0, 0.1) is 5.92 Å². The van der Waals surface area contributed by atoms with E-state index >= 15 is 0 Å². The first kappa shape index (κ1) is 16.0. The van der Waals surface area contributed by atoms with Crippen molar-refractivity contribution in [2.75, 3.05) is 13.7 Å². The number of aliphatic hydroxyl groups is 1. The van der Waals surface area contributed by atoms with Crippen molar-refractivity contribution in [2.24, 2.45) is 5.92 Å². The largest absolute Gasteiger partial charge is 0.497 e. The molecule has 0 amide bonds. The normalized spacial score (nSPS) is 15.8. The second kappa shape index (κ2) is 8.18. The Bertz CT molecular complexity index is 348. The Labute approximate surface area is 117 Å². The molecule has 3 atom stereocenters. The Hall–Kier alpha value is -1.06. The minimum absolute atomic E-state index is 0.214. The van der Waals surface area contributed by atoms with Crippen LogP contribution in [0.2, 0.25) is 0 Å². The number of hydrogen-bond acceptors (Lipinski definition) is 3. The SMILES string of the molecule is COc1ccc(CC(C)NCC(C)CC(C)O)cc1. The van der Waals surface area contributed by atoms with Gasteiger partial charge in [-0.25, -0.2) is 0 Å². The lowest BCUT2D eigenvalue weighted by molar-refractivity contribution is 0.162. The smallest absolute Gasteiger partial charge is 0.118 e. The minimum atomic E-state index is -0.214. The highest BCUT2D eigenvalue weighted by Gasteiger charge is 2.08. The summed E-state index contributed by atoms with van der Waals surface area (Å²) in [6.07, 6.45) is 1.64. The second-order valence-corrected chi connectivity index (χ2v) is 5.55. The summed E-state index contributed by atoms with van der Waals surface area (Å²) < 4.78 is 5.15. The van der Waals surface area contributed by atoms with Crippen LogP contribution in [0.3, 0.4) is 0 Å². The van der Waals surface area contributed by atoms with Gasteiger partial charge in [0.2, 0.25) is 0 Å². The predicted molar refractivity (Wildman–Crippen MR) is 79.6 cm³/mol. The zero-order chi connectivity index (χ0) is 14.3. The Kier molecular flexibility index (Phi) is 6.89. The number of methoxy groups -OCH3 is 1. The maximum atomic E-state index is 9.33. The second-order valence-electron chi connectivity index (χ2n) is 5.55. The van der Waals surface area contributed by atoms with E-state index in [2.05, 4.69) is 31.3 Å². The molecule has 0 bridgehead atoms. The van der Waals surface area contributed by atoms with Crippen molar-refractivity contribution in [1.29, 1.82) is 0 Å². The van der Waals surface area contributed by atoms with Crippen LogP contribution >= 0.6 is 0 Å². The van der Waals surface area contributed by atoms with Crippen LogP contribution in [-0.2, 0) is 6.42 Å². The highest BCUT2D eigenvalue weighted by molar-refractivity contribution is 5.27. The van der Waals surface area contributed by atoms with Crippen LogP contribution in [0.4, 0.5) is 0 Å². The van der Waals surface area contributed by atoms with Crippen molar-refractivity contribution in [2.45, 2.75) is 45.8 Å². The van der Waals surface area contributed by atoms with Gasteiger partial charge in [0.1, 0.15) is 5.75 Å². The molecule has 0 aliphatic rings. The molecule has 0 radical (unpaired) electrons. The molecule has 19 heavy (non-hydrogen) atoms. The van der Waals surface area contributed by atoms with E-state index in [9.17, 15) is 5.11 Å². The molecular weight excluding hydrogens is 238 g/mol. The standard InChI is InChI=1S/C16H27NO2/c1-12(9-14(3)18)11-17-13(2)10-15-5-7-16(19-4)8-6-15/h5-8,12-14,17-18H,9-11H2,1-4H3. The molecule has 0 aliphatic heterocycles. The van der Waals surface area contributed by atoms with E-state index in [4.69, 9.17) is 4.74 Å². The van der Waals surface area contributed by atoms with E-state index in [-0.39, 0.29) is 6.10 Å². The predicted octanol–water partition coefficient (Wildman–Crippen LogP) is 2.62. The molecule has 3 heteroatoms. The van der Waals surface area contributed by atoms with E-state index in [1.165, 1.54) is 5.56 Å². The number of benzene rings is 1. The monoisotopic (exact) mass is 265 g/mol. The molecule has 0 heterocycles. The summed E-state index contributed by atoms with van der Waals surface area (Å²) in [6, 6.07) is 8.65. The molecule has 0 spiro atoms. The molecule has 0 fully saturated rings. The highest BCUT2D eigenvalue weighted by Crippen LogP contribution is 2.13. The van der Waals surface area contributed by atoms with Crippen molar-refractivity contribution in [1.82, 2.24) is 5.32 Å². The molecule has 0 aromatic heterocycles. The molecule has 3 nitrogen and oxygen atoms in total. The molecule has 1 aromatic rings. The third-order valence-corrected chi connectivity index (χ3v) is 3.26. The number of rotatable bonds is 8. The summed E-state index contributed by atoms with van der Waals surface area (Å²) in [5.74, 6) is 1.40. The van der Waals surface area contributed by atoms with Gasteiger partial charge in [-0.2, -0.15) is 0 Å². The first-order chi connectivity index (χ1) is 9.01. The lowest BCUT2D eigenvalue weighted by atomic mass is 10.0. The number of hydrogen-bond donors (Lipinski definition) is 2. The maximum Gasteiger partial charge on any atom is 0.118 e. The van der Waals surface area contributed by atoms with E-state index in [1.54, 1.807) is 7.11 Å². The van der Waals surface area contributed by atoms with Gasteiger partial charge >= 0.3 is 0 Å². The van der Waals surface area contributed by atoms with Crippen LogP contribution in [-0.4, -0.2) is 30.9 Å². The van der Waals surface area contributed by atoms with Crippen molar-refractivity contribution in [3.05, 3.63) is 29.8 Å². The molecule has 108 valence electrons. The van der Waals surface area contributed by atoms with Crippen LogP contribution in [0.25, 0.3) is 0 Å². The maximum absolute atomic E-state index is 9.33. The summed E-state index contributed by atoms with van der Waals surface area (Å²) in [6.45, 7) is 7.15. The summed E-state index contributed by atoms with van der Waals surface area (Å²) in [4.78, 5) is 0. The van der Waals surface area contributed by atoms with Gasteiger partial charge < -0.3 is 15.2 Å². The summed E-state index contributed by atoms with van der Waals surface area (Å²) >= 11 is 0. The number of nitrogens with one attached hydrogen (secondary N) is 1. The van der Waals surface area contributed by atoms with E-state index in [0.717, 1.165) is 25.1 Å². The van der Waals surface area contributed by atoms with Crippen LogP contribution in [0.1, 0.15) is 32.8 Å². The van der Waals surface area contributed by atoms with Crippen molar-refractivity contribution >= 4 is 0 Å². The Balaban J connectivity index is 2.31. The van der Waals surface area contributed by atoms with Crippen molar-refractivity contribution < 1.29 is 9.84 Å². The van der Waals surface area contributed by atoms with Gasteiger partial charge in [0, 0.05) is 6.04 Å². The first-order valence-corrected chi connectivity index (χ1v) is 7.05. The van der Waals surface area contributed by atoms with Gasteiger partial charge in [-0.05, 0) is 56.8 Å². The van der Waals surface area contributed by atoms with Crippen molar-refractivity contribution in [3.63, 3.8) is 0 Å². The van der Waals surface area contributed by atoms with Gasteiger partial charge in [-0.1, -0.05) is 19.1 Å². The third-order valence-electron chi connectivity index (χ3n) is 3.26. The third kappa shape index (κ3) is 6.60. The fraction of sp³-hybridized carbons (Fsp3) is 0.625. The van der Waals surface area contributed by atoms with E-state index in [0.29, 0.717) is 12.0 Å². The number of ether oxygens (including phenoxy) is 1. The number of aliphatic hydroxyl groups excluding tert-OH is 1. The molecular formula is C16H27NO2. The minimum Gasteiger partial charge on any atom is -0.497 e. The van der Waals surface area contributed by atoms with Gasteiger partial charge in [-0.3, -0.25) is 0 Å². The Morgan fingerprint density at radius 1 is 1.16 bits per heavy atom. The molecule has 0 aliphatic carbocycles. The zero-order valence-corrected chi connectivity index (χ0v) is 12.5. The van der Waals surface area contributed by atoms with Gasteiger partial charge in [0.15, 0.2) is 0 Å². The van der Waals surface area contributed by atoms with E-state index in [1.807, 2.05) is 19.1 Å². The molecule has 3 unspecified atom stereocenters. The molecule has 2 N–H and O–H groups in total. The molecule has 1 aromatic carbocycles. The van der Waals surface area contributed by atoms with Gasteiger partial charge in [0.05, 0.1) is 13.2 Å². The lowest BCUT2D eigenvalue weighted by Crippen LogP contribution is -2.32. The Morgan fingerprint density at radius 3 is 2.32 bits per heavy atom. The fourth-order valence-corrected chi connectivity index (χ4v) is 2.26. The highest BCUT2D eigenvalue weighted by atomic mass is 16.5. The molecule has 0 saturated carbocycles. The molecule has 0 saturated heterocycles. The van der Waals surface area contributed by atoms with Gasteiger partial charge in [0.25, 0.3) is 0 Å². The van der Waals surface area contributed by atoms with E-state index < -0.39 is 0 Å². The van der Waals surface area contributed by atoms with Crippen LogP contribution in [0.15, 0.2) is 24.3 Å². The topological polar surface area (TPSA) is 41.5 Å². The first-order valence-electron chi connectivity index (χ1n) is 7.05.